The fourth-order valence-corrected chi connectivity index (χ4v) is 3.19. The summed E-state index contributed by atoms with van der Waals surface area (Å²) in [7, 11) is -3.40. The standard InChI is InChI=1S/C21H21N3O4S/c1-3-28-18-9-7-15(8-10-18)13-20(25)22-17-6-4-5-16(14-17)19-11-12-21(24-23-19)29(2,26)27/h4-12,14H,3,13H2,1-2H3,(H,22,25). The zero-order valence-electron chi connectivity index (χ0n) is 16.1. The highest BCUT2D eigenvalue weighted by Gasteiger charge is 2.11. The van der Waals surface area contributed by atoms with E-state index < -0.39 is 9.84 Å². The number of anilines is 1. The lowest BCUT2D eigenvalue weighted by Gasteiger charge is -2.08. The predicted octanol–water partition coefficient (Wildman–Crippen LogP) is 3.13. The summed E-state index contributed by atoms with van der Waals surface area (Å²) in [4.78, 5) is 12.4. The van der Waals surface area contributed by atoms with E-state index in [0.717, 1.165) is 23.1 Å². The zero-order valence-corrected chi connectivity index (χ0v) is 16.9. The van der Waals surface area contributed by atoms with E-state index in [1.807, 2.05) is 37.3 Å². The van der Waals surface area contributed by atoms with Gasteiger partial charge in [-0.25, -0.2) is 8.42 Å². The lowest BCUT2D eigenvalue weighted by atomic mass is 10.1. The van der Waals surface area contributed by atoms with E-state index in [9.17, 15) is 13.2 Å². The molecule has 0 fully saturated rings. The van der Waals surface area contributed by atoms with Gasteiger partial charge in [0.1, 0.15) is 5.75 Å². The van der Waals surface area contributed by atoms with Gasteiger partial charge in [-0.05, 0) is 48.9 Å². The van der Waals surface area contributed by atoms with Gasteiger partial charge in [-0.3, -0.25) is 4.79 Å². The first-order valence-electron chi connectivity index (χ1n) is 9.01. The molecular formula is C21H21N3O4S. The van der Waals surface area contributed by atoms with Gasteiger partial charge in [-0.2, -0.15) is 0 Å². The van der Waals surface area contributed by atoms with Gasteiger partial charge in [-0.15, -0.1) is 10.2 Å². The number of benzene rings is 2. The molecule has 0 bridgehead atoms. The molecule has 0 aliphatic heterocycles. The van der Waals surface area contributed by atoms with Crippen LogP contribution in [-0.4, -0.2) is 37.4 Å². The van der Waals surface area contributed by atoms with Crippen molar-refractivity contribution in [3.63, 3.8) is 0 Å². The van der Waals surface area contributed by atoms with Crippen molar-refractivity contribution in [3.05, 3.63) is 66.2 Å². The molecule has 0 saturated carbocycles. The van der Waals surface area contributed by atoms with Gasteiger partial charge >= 0.3 is 0 Å². The Labute approximate surface area is 169 Å². The van der Waals surface area contributed by atoms with E-state index in [-0.39, 0.29) is 17.4 Å². The molecule has 1 N–H and O–H groups in total. The first kappa shape index (κ1) is 20.5. The number of nitrogens with one attached hydrogen (secondary N) is 1. The molecule has 150 valence electrons. The van der Waals surface area contributed by atoms with Crippen LogP contribution in [0.2, 0.25) is 0 Å². The van der Waals surface area contributed by atoms with Gasteiger partial charge in [-0.1, -0.05) is 24.3 Å². The molecule has 0 unspecified atom stereocenters. The third kappa shape index (κ3) is 5.61. The number of carbonyl (C=O) groups excluding carboxylic acids is 1. The maximum Gasteiger partial charge on any atom is 0.228 e. The Morgan fingerprint density at radius 2 is 1.79 bits per heavy atom. The second-order valence-electron chi connectivity index (χ2n) is 6.41. The predicted molar refractivity (Wildman–Crippen MR) is 111 cm³/mol. The second-order valence-corrected chi connectivity index (χ2v) is 8.37. The molecule has 7 nitrogen and oxygen atoms in total. The van der Waals surface area contributed by atoms with Gasteiger partial charge < -0.3 is 10.1 Å². The molecule has 0 spiro atoms. The average molecular weight is 411 g/mol. The van der Waals surface area contributed by atoms with Crippen molar-refractivity contribution in [2.45, 2.75) is 18.4 Å². The SMILES string of the molecule is CCOc1ccc(CC(=O)Nc2cccc(-c3ccc(S(C)(=O)=O)nn3)c2)cc1. The van der Waals surface area contributed by atoms with Crippen molar-refractivity contribution in [3.8, 4) is 17.0 Å². The molecule has 0 saturated heterocycles. The van der Waals surface area contributed by atoms with Crippen LogP contribution in [-0.2, 0) is 21.1 Å². The normalized spacial score (nSPS) is 11.1. The summed E-state index contributed by atoms with van der Waals surface area (Å²) in [6.07, 6.45) is 1.32. The highest BCUT2D eigenvalue weighted by Crippen LogP contribution is 2.21. The van der Waals surface area contributed by atoms with Gasteiger partial charge in [0.15, 0.2) is 14.9 Å². The van der Waals surface area contributed by atoms with Gasteiger partial charge in [0.05, 0.1) is 18.7 Å². The van der Waals surface area contributed by atoms with Crippen LogP contribution in [0, 0.1) is 0 Å². The fourth-order valence-electron chi connectivity index (χ4n) is 2.69. The van der Waals surface area contributed by atoms with Crippen molar-refractivity contribution >= 4 is 21.4 Å². The fraction of sp³-hybridized carbons (Fsp3) is 0.190. The van der Waals surface area contributed by atoms with Crippen LogP contribution in [0.3, 0.4) is 0 Å². The van der Waals surface area contributed by atoms with Gasteiger partial charge in [0.2, 0.25) is 5.91 Å². The van der Waals surface area contributed by atoms with Crippen molar-refractivity contribution < 1.29 is 17.9 Å². The molecule has 3 rings (SSSR count). The van der Waals surface area contributed by atoms with Crippen LogP contribution < -0.4 is 10.1 Å². The smallest absolute Gasteiger partial charge is 0.228 e. The number of carbonyl (C=O) groups is 1. The van der Waals surface area contributed by atoms with Crippen molar-refractivity contribution in [1.82, 2.24) is 10.2 Å². The number of nitrogens with zero attached hydrogens (tertiary/aromatic N) is 2. The van der Waals surface area contributed by atoms with Crippen molar-refractivity contribution in [2.75, 3.05) is 18.2 Å². The summed E-state index contributed by atoms with van der Waals surface area (Å²) < 4.78 is 28.4. The van der Waals surface area contributed by atoms with Crippen LogP contribution in [0.5, 0.6) is 5.75 Å². The highest BCUT2D eigenvalue weighted by atomic mass is 32.2. The van der Waals surface area contributed by atoms with Gasteiger partial charge in [0.25, 0.3) is 0 Å². The molecule has 2 aromatic carbocycles. The molecule has 0 atom stereocenters. The maximum absolute atomic E-state index is 12.4. The average Bonchev–Trinajstić information content (AvgIpc) is 2.69. The number of ether oxygens (including phenoxy) is 1. The highest BCUT2D eigenvalue weighted by molar-refractivity contribution is 7.90. The Balaban J connectivity index is 1.68. The Bertz CT molecular complexity index is 1100. The van der Waals surface area contributed by atoms with E-state index >= 15 is 0 Å². The lowest BCUT2D eigenvalue weighted by Crippen LogP contribution is -2.14. The van der Waals surface area contributed by atoms with E-state index in [0.29, 0.717) is 18.0 Å². The summed E-state index contributed by atoms with van der Waals surface area (Å²) in [6, 6.07) is 17.5. The molecule has 0 aliphatic rings. The third-order valence-corrected chi connectivity index (χ3v) is 5.04. The van der Waals surface area contributed by atoms with E-state index in [1.54, 1.807) is 24.3 Å². The number of hydrogen-bond donors (Lipinski definition) is 1. The minimum absolute atomic E-state index is 0.0823. The summed E-state index contributed by atoms with van der Waals surface area (Å²) in [5.41, 5.74) is 2.73. The van der Waals surface area contributed by atoms with Crippen LogP contribution in [0.25, 0.3) is 11.3 Å². The number of amides is 1. The molecule has 1 amide bonds. The molecule has 1 heterocycles. The number of aromatic nitrogens is 2. The monoisotopic (exact) mass is 411 g/mol. The molecule has 0 radical (unpaired) electrons. The minimum atomic E-state index is -3.40. The van der Waals surface area contributed by atoms with E-state index in [4.69, 9.17) is 4.74 Å². The van der Waals surface area contributed by atoms with Gasteiger partial charge in [0, 0.05) is 17.5 Å². The third-order valence-electron chi connectivity index (χ3n) is 4.06. The Kier molecular flexibility index (Phi) is 6.23. The first-order chi connectivity index (χ1) is 13.8. The number of rotatable bonds is 7. The van der Waals surface area contributed by atoms with Crippen LogP contribution >= 0.6 is 0 Å². The molecular weight excluding hydrogens is 390 g/mol. The van der Waals surface area contributed by atoms with E-state index in [2.05, 4.69) is 15.5 Å². The first-order valence-corrected chi connectivity index (χ1v) is 10.9. The van der Waals surface area contributed by atoms with Crippen LogP contribution in [0.1, 0.15) is 12.5 Å². The Morgan fingerprint density at radius 1 is 1.03 bits per heavy atom. The molecule has 29 heavy (non-hydrogen) atoms. The molecule has 3 aromatic rings. The van der Waals surface area contributed by atoms with Crippen LogP contribution in [0.4, 0.5) is 5.69 Å². The van der Waals surface area contributed by atoms with Crippen LogP contribution in [0.15, 0.2) is 65.7 Å². The summed E-state index contributed by atoms with van der Waals surface area (Å²) in [6.45, 7) is 2.51. The Hall–Kier alpha value is -3.26. The lowest BCUT2D eigenvalue weighted by molar-refractivity contribution is -0.115. The Morgan fingerprint density at radius 3 is 2.41 bits per heavy atom. The molecule has 1 aromatic heterocycles. The summed E-state index contributed by atoms with van der Waals surface area (Å²) in [5.74, 6) is 0.622. The minimum Gasteiger partial charge on any atom is -0.494 e. The summed E-state index contributed by atoms with van der Waals surface area (Å²) in [5, 5.41) is 10.5. The molecule has 0 aliphatic carbocycles. The molecule has 8 heteroatoms. The number of hydrogen-bond acceptors (Lipinski definition) is 6. The maximum atomic E-state index is 12.4. The second kappa shape index (κ2) is 8.83. The number of sulfone groups is 1. The topological polar surface area (TPSA) is 98.2 Å². The summed E-state index contributed by atoms with van der Waals surface area (Å²) >= 11 is 0. The largest absolute Gasteiger partial charge is 0.494 e. The quantitative estimate of drug-likeness (QED) is 0.641. The van der Waals surface area contributed by atoms with Crippen molar-refractivity contribution in [2.24, 2.45) is 0 Å². The zero-order chi connectivity index (χ0) is 20.9. The van der Waals surface area contributed by atoms with E-state index in [1.165, 1.54) is 6.07 Å². The van der Waals surface area contributed by atoms with Crippen molar-refractivity contribution in [1.29, 1.82) is 0 Å².